The van der Waals surface area contributed by atoms with Gasteiger partial charge in [0.15, 0.2) is 0 Å². The monoisotopic (exact) mass is 537 g/mol. The van der Waals surface area contributed by atoms with E-state index in [0.29, 0.717) is 25.0 Å². The van der Waals surface area contributed by atoms with Crippen molar-refractivity contribution in [2.45, 2.75) is 48.7 Å². The van der Waals surface area contributed by atoms with Crippen LogP contribution in [-0.4, -0.2) is 59.6 Å². The number of nitrogens with one attached hydrogen (secondary N) is 1. The Labute approximate surface area is 227 Å². The van der Waals surface area contributed by atoms with Gasteiger partial charge in [-0.3, -0.25) is 0 Å². The minimum Gasteiger partial charge on any atom is -0.493 e. The van der Waals surface area contributed by atoms with Gasteiger partial charge in [-0.1, -0.05) is 25.3 Å². The molecule has 9 heteroatoms. The summed E-state index contributed by atoms with van der Waals surface area (Å²) in [5.41, 5.74) is 3.73. The van der Waals surface area contributed by atoms with Crippen LogP contribution in [0.1, 0.15) is 55.6 Å². The van der Waals surface area contributed by atoms with E-state index in [1.165, 1.54) is 24.8 Å². The van der Waals surface area contributed by atoms with Crippen LogP contribution in [0.4, 0.5) is 11.6 Å². The van der Waals surface area contributed by atoms with Gasteiger partial charge < -0.3 is 20.1 Å². The van der Waals surface area contributed by atoms with E-state index in [1.54, 1.807) is 29.3 Å². The highest BCUT2D eigenvalue weighted by Gasteiger charge is 2.27. The van der Waals surface area contributed by atoms with Crippen molar-refractivity contribution in [3.8, 4) is 22.4 Å². The molecule has 1 fully saturated rings. The number of nitriles is 1. The number of aliphatic hydroxyl groups excluding tert-OH is 1. The lowest BCUT2D eigenvalue weighted by atomic mass is 9.82. The fourth-order valence-corrected chi connectivity index (χ4v) is 6.77. The molecule has 1 aromatic carbocycles. The van der Waals surface area contributed by atoms with E-state index in [-0.39, 0.29) is 6.61 Å². The van der Waals surface area contributed by atoms with Crippen molar-refractivity contribution in [3.05, 3.63) is 47.7 Å². The van der Waals surface area contributed by atoms with Crippen molar-refractivity contribution in [3.63, 3.8) is 0 Å². The molecule has 2 heterocycles. The fourth-order valence-electron chi connectivity index (χ4n) is 4.79. The van der Waals surface area contributed by atoms with E-state index in [2.05, 4.69) is 21.3 Å². The molecule has 4 rings (SSSR count). The molecule has 0 unspecified atom stereocenters. The average Bonchev–Trinajstić information content (AvgIpc) is 3.31. The number of benzene rings is 1. The molecule has 1 aliphatic rings. The van der Waals surface area contributed by atoms with Crippen molar-refractivity contribution >= 4 is 34.7 Å². The molecule has 2 N–H and O–H groups in total. The maximum atomic E-state index is 10.00. The van der Waals surface area contributed by atoms with E-state index >= 15 is 0 Å². The molecule has 0 atom stereocenters. The highest BCUT2D eigenvalue weighted by Crippen LogP contribution is 2.47. The Morgan fingerprint density at radius 3 is 2.84 bits per heavy atom. The molecule has 0 aliphatic heterocycles. The number of likely N-dealkylation sites (N-methyl/N-ethyl adjacent to an activating group) is 1. The summed E-state index contributed by atoms with van der Waals surface area (Å²) in [6.07, 6.45) is 10.7. The normalized spacial score (nSPS) is 14.0. The summed E-state index contributed by atoms with van der Waals surface area (Å²) in [7, 11) is 1.99. The Bertz CT molecular complexity index is 1200. The Kier molecular flexibility index (Phi) is 10.2. The van der Waals surface area contributed by atoms with E-state index in [0.717, 1.165) is 57.6 Å². The van der Waals surface area contributed by atoms with Gasteiger partial charge in [0.2, 0.25) is 5.95 Å². The molecular formula is C28H35N5O2S2. The lowest BCUT2D eigenvalue weighted by Crippen LogP contribution is -2.24. The molecule has 0 radical (unpaired) electrons. The van der Waals surface area contributed by atoms with Gasteiger partial charge in [-0.15, -0.1) is 23.1 Å². The van der Waals surface area contributed by atoms with Crippen molar-refractivity contribution in [1.29, 1.82) is 5.26 Å². The molecular weight excluding hydrogens is 502 g/mol. The number of aromatic nitrogens is 2. The Morgan fingerprint density at radius 1 is 1.24 bits per heavy atom. The molecule has 7 nitrogen and oxygen atoms in total. The molecule has 0 bridgehead atoms. The van der Waals surface area contributed by atoms with Crippen LogP contribution in [0, 0.1) is 11.3 Å². The molecule has 3 aromatic rings. The third-order valence-corrected chi connectivity index (χ3v) is 8.98. The van der Waals surface area contributed by atoms with Crippen LogP contribution in [0.2, 0.25) is 0 Å². The number of hydrogen-bond acceptors (Lipinski definition) is 9. The van der Waals surface area contributed by atoms with Gasteiger partial charge in [0.05, 0.1) is 33.6 Å². The second-order valence-corrected chi connectivity index (χ2v) is 11.4. The predicted octanol–water partition coefficient (Wildman–Crippen LogP) is 6.28. The van der Waals surface area contributed by atoms with Crippen molar-refractivity contribution in [2.24, 2.45) is 0 Å². The number of rotatable bonds is 12. The highest BCUT2D eigenvalue weighted by atomic mass is 32.2. The van der Waals surface area contributed by atoms with E-state index in [9.17, 15) is 5.26 Å². The van der Waals surface area contributed by atoms with Crippen molar-refractivity contribution in [2.75, 3.05) is 44.9 Å². The maximum absolute atomic E-state index is 10.00. The van der Waals surface area contributed by atoms with Crippen LogP contribution in [0.25, 0.3) is 10.6 Å². The van der Waals surface area contributed by atoms with Crippen LogP contribution in [0.5, 0.6) is 5.75 Å². The quantitative estimate of drug-likeness (QED) is 0.206. The minimum absolute atomic E-state index is 0.168. The van der Waals surface area contributed by atoms with E-state index < -0.39 is 0 Å². The van der Waals surface area contributed by atoms with Crippen LogP contribution in [0.3, 0.4) is 0 Å². The summed E-state index contributed by atoms with van der Waals surface area (Å²) in [6.45, 7) is 2.31. The number of nitrogens with zero attached hydrogens (tertiary/aromatic N) is 4. The van der Waals surface area contributed by atoms with Gasteiger partial charge in [-0.2, -0.15) is 5.26 Å². The number of anilines is 2. The topological polar surface area (TPSA) is 94.3 Å². The third kappa shape index (κ3) is 7.23. The number of aliphatic hydroxyl groups is 1. The van der Waals surface area contributed by atoms with Crippen molar-refractivity contribution in [1.82, 2.24) is 14.9 Å². The van der Waals surface area contributed by atoms with Crippen LogP contribution < -0.4 is 10.1 Å². The lowest BCUT2D eigenvalue weighted by Gasteiger charge is -2.22. The standard InChI is InChI=1S/C28H35N5O2S2/c1-33(15-16-34)14-7-17-35-22-11-6-10-21(18-22)31-28-30-13-12-24(32-28)26-25(20-8-4-3-5-9-20)23(19-29)27(36-2)37-26/h6,10-13,18,20,34H,3-5,7-9,14-17H2,1-2H3,(H,30,31,32). The number of thioether (sulfide) groups is 1. The SMILES string of the molecule is CSc1sc(-c2ccnc(Nc3cccc(OCCCN(C)CCO)c3)n2)c(C2CCCCC2)c1C#N. The zero-order valence-electron chi connectivity index (χ0n) is 21.6. The first-order valence-electron chi connectivity index (χ1n) is 12.9. The first-order valence-corrected chi connectivity index (χ1v) is 14.9. The molecule has 0 saturated heterocycles. The van der Waals surface area contributed by atoms with Gasteiger partial charge in [0.1, 0.15) is 11.8 Å². The van der Waals surface area contributed by atoms with Gasteiger partial charge in [0.25, 0.3) is 0 Å². The zero-order valence-corrected chi connectivity index (χ0v) is 23.2. The summed E-state index contributed by atoms with van der Waals surface area (Å²) < 4.78 is 7.00. The maximum Gasteiger partial charge on any atom is 0.227 e. The summed E-state index contributed by atoms with van der Waals surface area (Å²) in [4.78, 5) is 12.5. The third-order valence-electron chi connectivity index (χ3n) is 6.64. The molecule has 2 aromatic heterocycles. The smallest absolute Gasteiger partial charge is 0.227 e. The second-order valence-electron chi connectivity index (χ2n) is 9.31. The number of hydrogen-bond donors (Lipinski definition) is 2. The fraction of sp³-hybridized carbons (Fsp3) is 0.464. The van der Waals surface area contributed by atoms with Gasteiger partial charge in [-0.05, 0) is 62.2 Å². The Hall–Kier alpha value is -2.64. The van der Waals surface area contributed by atoms with Crippen molar-refractivity contribution < 1.29 is 9.84 Å². The summed E-state index contributed by atoms with van der Waals surface area (Å²) >= 11 is 3.32. The van der Waals surface area contributed by atoms with Gasteiger partial charge >= 0.3 is 0 Å². The van der Waals surface area contributed by atoms with Gasteiger partial charge in [0, 0.05) is 31.0 Å². The first-order chi connectivity index (χ1) is 18.1. The summed E-state index contributed by atoms with van der Waals surface area (Å²) in [5, 5.41) is 22.3. The molecule has 37 heavy (non-hydrogen) atoms. The van der Waals surface area contributed by atoms with E-state index in [1.807, 2.05) is 43.6 Å². The average molecular weight is 538 g/mol. The van der Waals surface area contributed by atoms with Crippen LogP contribution in [-0.2, 0) is 0 Å². The minimum atomic E-state index is 0.168. The highest BCUT2D eigenvalue weighted by molar-refractivity contribution is 8.00. The number of ether oxygens (including phenoxy) is 1. The van der Waals surface area contributed by atoms with Crippen LogP contribution in [0.15, 0.2) is 40.7 Å². The predicted molar refractivity (Wildman–Crippen MR) is 152 cm³/mol. The Morgan fingerprint density at radius 2 is 2.08 bits per heavy atom. The van der Waals surface area contributed by atoms with E-state index in [4.69, 9.17) is 14.8 Å². The molecule has 196 valence electrons. The molecule has 1 aliphatic carbocycles. The summed E-state index contributed by atoms with van der Waals surface area (Å²) in [6, 6.07) is 12.3. The molecule has 0 spiro atoms. The zero-order chi connectivity index (χ0) is 26.0. The summed E-state index contributed by atoms with van der Waals surface area (Å²) in [5.74, 6) is 1.72. The Balaban J connectivity index is 1.49. The number of thiophene rings is 1. The molecule has 1 saturated carbocycles. The van der Waals surface area contributed by atoms with Gasteiger partial charge in [-0.25, -0.2) is 9.97 Å². The lowest BCUT2D eigenvalue weighted by molar-refractivity contribution is 0.207. The van der Waals surface area contributed by atoms with Crippen LogP contribution >= 0.6 is 23.1 Å². The largest absolute Gasteiger partial charge is 0.493 e. The second kappa shape index (κ2) is 13.8. The first kappa shape index (κ1) is 27.4. The molecule has 0 amide bonds.